The third kappa shape index (κ3) is 6.42. The molecule has 2 aromatic carbocycles. The molecule has 24 heavy (non-hydrogen) atoms. The summed E-state index contributed by atoms with van der Waals surface area (Å²) in [5.74, 6) is 0.0935. The van der Waals surface area contributed by atoms with E-state index in [1.54, 1.807) is 23.9 Å². The average Bonchev–Trinajstić information content (AvgIpc) is 2.59. The molecular weight excluding hydrogens is 340 g/mol. The van der Waals surface area contributed by atoms with Crippen LogP contribution in [0, 0.1) is 0 Å². The molecule has 0 aliphatic rings. The largest absolute Gasteiger partial charge is 0.478 e. The zero-order valence-corrected chi connectivity index (χ0v) is 15.0. The van der Waals surface area contributed by atoms with Crippen molar-refractivity contribution < 1.29 is 9.90 Å². The van der Waals surface area contributed by atoms with E-state index in [2.05, 4.69) is 12.2 Å². The van der Waals surface area contributed by atoms with E-state index in [4.69, 9.17) is 16.7 Å². The number of halogens is 1. The van der Waals surface area contributed by atoms with Gasteiger partial charge in [-0.15, -0.1) is 11.8 Å². The number of allylic oxidation sites excluding steroid dienone is 1. The van der Waals surface area contributed by atoms with Crippen molar-refractivity contribution in [2.24, 2.45) is 0 Å². The van der Waals surface area contributed by atoms with Gasteiger partial charge in [-0.2, -0.15) is 0 Å². The quantitative estimate of drug-likeness (QED) is 0.415. The van der Waals surface area contributed by atoms with Gasteiger partial charge in [0.05, 0.1) is 5.56 Å². The summed E-state index contributed by atoms with van der Waals surface area (Å²) in [6.45, 7) is 0. The molecule has 0 amide bonds. The molecule has 0 radical (unpaired) electrons. The van der Waals surface area contributed by atoms with Crippen LogP contribution in [0.3, 0.4) is 0 Å². The van der Waals surface area contributed by atoms with Gasteiger partial charge in [-0.3, -0.25) is 0 Å². The predicted octanol–water partition coefficient (Wildman–Crippen LogP) is 6.40. The van der Waals surface area contributed by atoms with Gasteiger partial charge >= 0.3 is 5.97 Å². The van der Waals surface area contributed by atoms with E-state index in [0.717, 1.165) is 41.4 Å². The lowest BCUT2D eigenvalue weighted by molar-refractivity contribution is 0.0693. The topological polar surface area (TPSA) is 37.3 Å². The predicted molar refractivity (Wildman–Crippen MR) is 103 cm³/mol. The van der Waals surface area contributed by atoms with E-state index in [0.29, 0.717) is 5.56 Å². The number of unbranched alkanes of at least 4 members (excludes halogenated alkanes) is 3. The Morgan fingerprint density at radius 1 is 1.04 bits per heavy atom. The van der Waals surface area contributed by atoms with Crippen LogP contribution in [0.1, 0.15) is 41.6 Å². The van der Waals surface area contributed by atoms with Crippen molar-refractivity contribution in [1.82, 2.24) is 0 Å². The first-order valence-electron chi connectivity index (χ1n) is 8.04. The Hall–Kier alpha value is -1.71. The summed E-state index contributed by atoms with van der Waals surface area (Å²) in [7, 11) is 0. The highest BCUT2D eigenvalue weighted by Gasteiger charge is 2.08. The normalized spacial score (nSPS) is 11.0. The fourth-order valence-electron chi connectivity index (χ4n) is 2.29. The van der Waals surface area contributed by atoms with E-state index < -0.39 is 5.97 Å². The van der Waals surface area contributed by atoms with E-state index in [1.165, 1.54) is 5.56 Å². The van der Waals surface area contributed by atoms with E-state index in [1.807, 2.05) is 36.4 Å². The summed E-state index contributed by atoms with van der Waals surface area (Å²) >= 11 is 7.48. The number of hydrogen-bond acceptors (Lipinski definition) is 2. The third-order valence-corrected chi connectivity index (χ3v) is 4.98. The monoisotopic (exact) mass is 360 g/mol. The average molecular weight is 361 g/mol. The third-order valence-electron chi connectivity index (χ3n) is 3.57. The molecule has 0 bridgehead atoms. The van der Waals surface area contributed by atoms with Gasteiger partial charge in [0.1, 0.15) is 0 Å². The fraction of sp³-hybridized carbons (Fsp3) is 0.250. The number of carbonyl (C=O) groups is 1. The molecule has 0 saturated carbocycles. The zero-order chi connectivity index (χ0) is 17.2. The van der Waals surface area contributed by atoms with Gasteiger partial charge in [-0.25, -0.2) is 4.79 Å². The first-order valence-corrected chi connectivity index (χ1v) is 9.40. The van der Waals surface area contributed by atoms with Gasteiger partial charge in [0.25, 0.3) is 0 Å². The Morgan fingerprint density at radius 2 is 1.79 bits per heavy atom. The molecule has 4 heteroatoms. The molecule has 2 rings (SSSR count). The highest BCUT2D eigenvalue weighted by molar-refractivity contribution is 7.99. The number of carboxylic acids is 1. The van der Waals surface area contributed by atoms with Crippen LogP contribution >= 0.6 is 23.4 Å². The van der Waals surface area contributed by atoms with Gasteiger partial charge in [0.15, 0.2) is 0 Å². The lowest BCUT2D eigenvalue weighted by atomic mass is 10.1. The van der Waals surface area contributed by atoms with Crippen LogP contribution in [0.2, 0.25) is 5.02 Å². The molecule has 0 heterocycles. The molecule has 0 aliphatic heterocycles. The molecule has 0 saturated heterocycles. The van der Waals surface area contributed by atoms with Crippen molar-refractivity contribution >= 4 is 35.4 Å². The summed E-state index contributed by atoms with van der Waals surface area (Å²) in [4.78, 5) is 12.0. The van der Waals surface area contributed by atoms with Crippen LogP contribution in [0.25, 0.3) is 6.08 Å². The first kappa shape index (κ1) is 18.6. The molecule has 0 atom stereocenters. The maximum atomic E-state index is 11.1. The molecule has 126 valence electrons. The second-order valence-corrected chi connectivity index (χ2v) is 7.03. The Labute approximate surface area is 152 Å². The van der Waals surface area contributed by atoms with Crippen molar-refractivity contribution in [3.63, 3.8) is 0 Å². The van der Waals surface area contributed by atoms with Crippen LogP contribution in [0.5, 0.6) is 0 Å². The smallest absolute Gasteiger partial charge is 0.336 e. The maximum absolute atomic E-state index is 11.1. The molecule has 0 unspecified atom stereocenters. The molecule has 0 aromatic heterocycles. The van der Waals surface area contributed by atoms with Crippen LogP contribution in [-0.2, 0) is 0 Å². The number of thioether (sulfide) groups is 1. The maximum Gasteiger partial charge on any atom is 0.336 e. The van der Waals surface area contributed by atoms with Gasteiger partial charge < -0.3 is 5.11 Å². The van der Waals surface area contributed by atoms with E-state index in [9.17, 15) is 4.79 Å². The highest BCUT2D eigenvalue weighted by Crippen LogP contribution is 2.24. The number of aromatic carboxylic acids is 1. The summed E-state index contributed by atoms with van der Waals surface area (Å²) in [6.07, 6.45) is 8.75. The van der Waals surface area contributed by atoms with Gasteiger partial charge in [-0.1, -0.05) is 54.4 Å². The van der Waals surface area contributed by atoms with Crippen LogP contribution < -0.4 is 0 Å². The molecule has 0 aliphatic carbocycles. The summed E-state index contributed by atoms with van der Waals surface area (Å²) in [5.41, 5.74) is 1.56. The second kappa shape index (κ2) is 10.2. The van der Waals surface area contributed by atoms with E-state index >= 15 is 0 Å². The minimum atomic E-state index is -0.856. The van der Waals surface area contributed by atoms with Crippen molar-refractivity contribution in [1.29, 1.82) is 0 Å². The van der Waals surface area contributed by atoms with Crippen LogP contribution in [-0.4, -0.2) is 16.8 Å². The second-order valence-electron chi connectivity index (χ2n) is 5.45. The molecule has 1 N–H and O–H groups in total. The molecule has 0 spiro atoms. The van der Waals surface area contributed by atoms with Gasteiger partial charge in [0.2, 0.25) is 0 Å². The van der Waals surface area contributed by atoms with Gasteiger partial charge in [0, 0.05) is 9.92 Å². The number of rotatable bonds is 9. The summed E-state index contributed by atoms with van der Waals surface area (Å²) in [6, 6.07) is 15.0. The minimum Gasteiger partial charge on any atom is -0.478 e. The summed E-state index contributed by atoms with van der Waals surface area (Å²) in [5, 5.41) is 9.90. The first-order chi connectivity index (χ1) is 11.7. The molecular formula is C20H21ClO2S. The lowest BCUT2D eigenvalue weighted by Gasteiger charge is -2.05. The lowest BCUT2D eigenvalue weighted by Crippen LogP contribution is -1.98. The fourth-order valence-corrected chi connectivity index (χ4v) is 3.47. The van der Waals surface area contributed by atoms with E-state index in [-0.39, 0.29) is 0 Å². The Kier molecular flexibility index (Phi) is 7.93. The number of carboxylic acid groups (broad SMARTS) is 1. The molecule has 2 aromatic rings. The molecule has 0 fully saturated rings. The Morgan fingerprint density at radius 3 is 2.54 bits per heavy atom. The Balaban J connectivity index is 1.62. The molecule has 2 nitrogen and oxygen atoms in total. The number of benzene rings is 2. The van der Waals surface area contributed by atoms with Crippen molar-refractivity contribution in [2.45, 2.75) is 30.6 Å². The van der Waals surface area contributed by atoms with Crippen molar-refractivity contribution in [3.05, 3.63) is 70.8 Å². The van der Waals surface area contributed by atoms with Crippen molar-refractivity contribution in [3.8, 4) is 0 Å². The van der Waals surface area contributed by atoms with Crippen LogP contribution in [0.15, 0.2) is 59.5 Å². The standard InChI is InChI=1S/C20H21ClO2S/c21-17-13-11-16(12-14-17)8-4-2-1-3-7-15-24-19-10-6-5-9-18(19)20(22)23/h4-6,8-14H,1-3,7,15H2,(H,22,23)/b8-4+. The SMILES string of the molecule is O=C(O)c1ccccc1SCCCCC/C=C/c1ccc(Cl)cc1. The Bertz CT molecular complexity index is 680. The zero-order valence-electron chi connectivity index (χ0n) is 13.5. The summed E-state index contributed by atoms with van der Waals surface area (Å²) < 4.78 is 0. The van der Waals surface area contributed by atoms with Crippen molar-refractivity contribution in [2.75, 3.05) is 5.75 Å². The number of hydrogen-bond donors (Lipinski definition) is 1. The highest BCUT2D eigenvalue weighted by atomic mass is 35.5. The minimum absolute atomic E-state index is 0.397. The van der Waals surface area contributed by atoms with Crippen LogP contribution in [0.4, 0.5) is 0 Å². The van der Waals surface area contributed by atoms with Gasteiger partial charge in [-0.05, 0) is 54.8 Å².